The first-order valence-corrected chi connectivity index (χ1v) is 6.83. The number of rotatable bonds is 2. The third-order valence-electron chi connectivity index (χ3n) is 3.50. The van der Waals surface area contributed by atoms with Gasteiger partial charge in [0.1, 0.15) is 5.76 Å². The molecule has 4 rings (SSSR count). The molecule has 3 nitrogen and oxygen atoms in total. The van der Waals surface area contributed by atoms with E-state index in [0.717, 1.165) is 33.9 Å². The Labute approximate surface area is 624 Å². The molecule has 0 fully saturated rings. The first-order valence-electron chi connectivity index (χ1n) is 6.83. The first-order chi connectivity index (χ1) is 10.3. The summed E-state index contributed by atoms with van der Waals surface area (Å²) in [5.41, 5.74) is 4.17. The van der Waals surface area contributed by atoms with Crippen molar-refractivity contribution in [3.8, 4) is 22.9 Å². The van der Waals surface area contributed by atoms with Gasteiger partial charge in [-0.1, -0.05) is 29.8 Å². The van der Waals surface area contributed by atoms with Crippen molar-refractivity contribution in [1.82, 2.24) is 9.97 Å². The topological polar surface area (TPSA) is 41.8 Å². The zero-order valence-electron chi connectivity index (χ0n) is 20.8. The van der Waals surface area contributed by atoms with Gasteiger partial charge in [0.05, 0.1) is 0 Å². The van der Waals surface area contributed by atoms with Gasteiger partial charge in [0.2, 0.25) is 0 Å². The zero-order chi connectivity index (χ0) is 14.2. The Morgan fingerprint density at radius 2 is 1.05 bits per heavy atom. The monoisotopic (exact) mass is 1700 g/mol. The molecule has 0 spiro atoms. The van der Waals surface area contributed by atoms with Crippen LogP contribution in [0.5, 0.6) is 0 Å². The van der Waals surface area contributed by atoms with Crippen molar-refractivity contribution in [3.05, 3.63) is 66.2 Å². The first kappa shape index (κ1) is 88.8. The summed E-state index contributed by atoms with van der Waals surface area (Å²) >= 11 is 0. The van der Waals surface area contributed by atoms with Crippen LogP contribution in [-0.2, 0) is 523 Å². The minimum atomic E-state index is 0. The van der Waals surface area contributed by atoms with Crippen LogP contribution in [0.3, 0.4) is 0 Å². The molecule has 0 amide bonds. The van der Waals surface area contributed by atoms with E-state index in [1.165, 1.54) is 5.56 Å². The van der Waals surface area contributed by atoms with Gasteiger partial charge in [0.15, 0.2) is 11.6 Å². The molecule has 0 aliphatic carbocycles. The molecule has 2 heterocycles. The molecule has 0 atom stereocenters. The molecule has 2 aromatic heterocycles. The van der Waals surface area contributed by atoms with Crippen molar-refractivity contribution in [2.24, 2.45) is 0 Å². The summed E-state index contributed by atoms with van der Waals surface area (Å²) in [5.74, 6) is 2.32. The minimum absolute atomic E-state index is 0. The van der Waals surface area contributed by atoms with Gasteiger partial charge in [-0.25, -0.2) is 0 Å². The summed E-state index contributed by atoms with van der Waals surface area (Å²) in [6.45, 7) is 2.07. The Bertz CT molecular complexity index is 904. The molecule has 19 heteroatoms. The Kier molecular flexibility index (Phi) is 127. The molecule has 0 unspecified atom stereocenters. The fourth-order valence-electron chi connectivity index (χ4n) is 2.35. The van der Waals surface area contributed by atoms with Gasteiger partial charge in [0.25, 0.3) is 0 Å². The Morgan fingerprint density at radius 3 is 1.51 bits per heavy atom. The van der Waals surface area contributed by atoms with Gasteiger partial charge in [-0.2, -0.15) is 12.1 Å². The van der Waals surface area contributed by atoms with Gasteiger partial charge >= 0.3 is 0 Å². The number of benzene rings is 2. The summed E-state index contributed by atoms with van der Waals surface area (Å²) in [6.07, 6.45) is 0. The fourth-order valence-corrected chi connectivity index (χ4v) is 2.35. The zero-order valence-corrected chi connectivity index (χ0v) is 66.2. The summed E-state index contributed by atoms with van der Waals surface area (Å²) in [7, 11) is 0. The molecule has 4 aromatic rings. The molecule has 0 aliphatic heterocycles. The van der Waals surface area contributed by atoms with Crippen LogP contribution < -0.4 is 0 Å². The number of aromatic amines is 1. The van der Waals surface area contributed by atoms with E-state index in [4.69, 9.17) is 4.42 Å². The Hall–Kier alpha value is 14.9. The minimum Gasteiger partial charge on any atom is -0.453 e. The van der Waals surface area contributed by atoms with E-state index in [2.05, 4.69) is 47.2 Å². The maximum absolute atomic E-state index is 5.92. The van der Waals surface area contributed by atoms with Crippen molar-refractivity contribution in [1.29, 1.82) is 0 Å². The van der Waals surface area contributed by atoms with Gasteiger partial charge < -0.3 is 9.40 Å². The van der Waals surface area contributed by atoms with Crippen molar-refractivity contribution in [2.45, 2.75) is 6.92 Å². The van der Waals surface area contributed by atoms with Gasteiger partial charge in [-0.15, -0.1) is 12.1 Å². The van der Waals surface area contributed by atoms with E-state index < -0.39 is 0 Å². The number of fused-ring (bicyclic) bond motifs is 1. The number of hydrogen-bond donors (Lipinski definition) is 1. The molecular formula is C18H13N2OY16-. The maximum atomic E-state index is 5.92. The van der Waals surface area contributed by atoms with E-state index in [9.17, 15) is 0 Å². The molecule has 0 saturated carbocycles. The SMILES string of the molecule is Cc1ccc(-c2ccc(-c3nc4c[c-]ccc4[nH]3)o2)cc1.[Y].[Y].[Y].[Y].[Y].[Y].[Y].[Y].[Y].[Y].[Y].[Y].[Y].[Y].[Y].[Y]. The van der Waals surface area contributed by atoms with Crippen LogP contribution in [-0.4, -0.2) is 9.97 Å². The Balaban J connectivity index is -0.0000000327. The van der Waals surface area contributed by atoms with Gasteiger partial charge in [0, 0.05) is 529 Å². The van der Waals surface area contributed by atoms with Gasteiger partial charge in [-0.05, 0) is 30.1 Å². The molecule has 1 N–H and O–H groups in total. The largest absolute Gasteiger partial charge is 0.453 e. The second kappa shape index (κ2) is 53.0. The number of nitrogens with zero attached hydrogens (tertiary/aromatic N) is 1. The van der Waals surface area contributed by atoms with Crippen molar-refractivity contribution in [3.63, 3.8) is 0 Å². The van der Waals surface area contributed by atoms with Crippen molar-refractivity contribution < 1.29 is 528 Å². The predicted octanol–water partition coefficient (Wildman–Crippen LogP) is 4.56. The summed E-state index contributed by atoms with van der Waals surface area (Å²) in [4.78, 5) is 7.78. The van der Waals surface area contributed by atoms with Crippen LogP contribution in [0.4, 0.5) is 0 Å². The second-order valence-corrected chi connectivity index (χ2v) is 5.06. The van der Waals surface area contributed by atoms with Crippen LogP contribution >= 0.6 is 0 Å². The molecule has 37 heavy (non-hydrogen) atoms. The fraction of sp³-hybridized carbons (Fsp3) is 0.0556. The van der Waals surface area contributed by atoms with Gasteiger partial charge in [-0.3, -0.25) is 4.98 Å². The molecule has 0 aliphatic rings. The second-order valence-electron chi connectivity index (χ2n) is 5.06. The molecule has 0 bridgehead atoms. The average molecular weight is 1700 g/mol. The number of H-pyrrole nitrogens is 1. The average Bonchev–Trinajstić information content (AvgIpc) is 3.14. The smallest absolute Gasteiger partial charge is 0.169 e. The number of nitrogens with one attached hydrogen (secondary N) is 1. The summed E-state index contributed by atoms with van der Waals surface area (Å²) in [6, 6.07) is 20.9. The maximum Gasteiger partial charge on any atom is 0.169 e. The number of aromatic nitrogens is 2. The van der Waals surface area contributed by atoms with E-state index in [-0.39, 0.29) is 523 Å². The summed E-state index contributed by atoms with van der Waals surface area (Å²) in [5, 5.41) is 0. The van der Waals surface area contributed by atoms with Crippen LogP contribution in [0.15, 0.2) is 59.0 Å². The molecule has 2 aromatic carbocycles. The predicted molar refractivity (Wildman–Crippen MR) is 82.8 cm³/mol. The molecular weight excluding hydrogens is 1680 g/mol. The number of furan rings is 1. The van der Waals surface area contributed by atoms with Crippen molar-refractivity contribution >= 4 is 11.0 Å². The number of hydrogen-bond acceptors (Lipinski definition) is 2. The van der Waals surface area contributed by atoms with E-state index >= 15 is 0 Å². The number of aryl methyl sites for hydroxylation is 1. The summed E-state index contributed by atoms with van der Waals surface area (Å²) < 4.78 is 5.92. The van der Waals surface area contributed by atoms with Crippen LogP contribution in [0.2, 0.25) is 0 Å². The van der Waals surface area contributed by atoms with Crippen LogP contribution in [0.1, 0.15) is 5.56 Å². The third-order valence-corrected chi connectivity index (χ3v) is 3.50. The number of imidazole rings is 1. The third kappa shape index (κ3) is 32.8. The standard InChI is InChI=1S/C18H13N2O.16Y/c1-12-6-8-13(9-7-12)16-10-11-17(21-16)18-19-14-4-2-3-5-15(14)20-18;;;;;;;;;;;;;;;;/h2,4-11H,1H3,(H,19,20);;;;;;;;;;;;;;;;/q-1;;;;;;;;;;;;;;;;. The van der Waals surface area contributed by atoms with Crippen molar-refractivity contribution in [2.75, 3.05) is 0 Å². The van der Waals surface area contributed by atoms with Crippen LogP contribution in [0, 0.1) is 13.0 Å². The normalized spacial score (nSPS) is 6.30. The molecule has 16 radical (unpaired) electrons. The Morgan fingerprint density at radius 1 is 0.595 bits per heavy atom. The van der Waals surface area contributed by atoms with E-state index in [0.29, 0.717) is 0 Å². The molecule has 0 saturated heterocycles. The van der Waals surface area contributed by atoms with E-state index in [1.54, 1.807) is 0 Å². The quantitative estimate of drug-likeness (QED) is 0.300. The van der Waals surface area contributed by atoms with Crippen LogP contribution in [0.25, 0.3) is 33.9 Å². The molecule has 150 valence electrons. The van der Waals surface area contributed by atoms with E-state index in [1.807, 2.05) is 30.3 Å².